The first-order valence-electron chi connectivity index (χ1n) is 8.96. The number of sulfone groups is 1. The summed E-state index contributed by atoms with van der Waals surface area (Å²) < 4.78 is 25.4. The summed E-state index contributed by atoms with van der Waals surface area (Å²) >= 11 is 0. The fourth-order valence-corrected chi connectivity index (χ4v) is 3.62. The summed E-state index contributed by atoms with van der Waals surface area (Å²) in [4.78, 5) is 20.0. The normalized spacial score (nSPS) is 11.4. The fourth-order valence-electron chi connectivity index (χ4n) is 2.95. The van der Waals surface area contributed by atoms with E-state index in [-0.39, 0.29) is 10.8 Å². The van der Waals surface area contributed by atoms with Crippen molar-refractivity contribution in [3.63, 3.8) is 0 Å². The van der Waals surface area contributed by atoms with Crippen molar-refractivity contribution in [3.8, 4) is 11.3 Å². The summed E-state index contributed by atoms with van der Waals surface area (Å²) in [7, 11) is -3.33. The van der Waals surface area contributed by atoms with Crippen LogP contribution in [-0.2, 0) is 14.6 Å². The maximum absolute atomic E-state index is 11.9. The molecular formula is C20H18N6O3S. The second-order valence-electron chi connectivity index (χ2n) is 6.65. The predicted octanol–water partition coefficient (Wildman–Crippen LogP) is 2.90. The van der Waals surface area contributed by atoms with Crippen LogP contribution in [-0.4, -0.2) is 40.2 Å². The highest BCUT2D eigenvalue weighted by Gasteiger charge is 2.12. The third-order valence-electron chi connectivity index (χ3n) is 4.24. The Morgan fingerprint density at radius 1 is 1.07 bits per heavy atom. The Hall–Kier alpha value is -3.79. The molecule has 152 valence electrons. The van der Waals surface area contributed by atoms with Crippen molar-refractivity contribution in [2.45, 2.75) is 11.8 Å². The van der Waals surface area contributed by atoms with Gasteiger partial charge in [-0.15, -0.1) is 5.10 Å². The van der Waals surface area contributed by atoms with Crippen molar-refractivity contribution in [2.75, 3.05) is 16.9 Å². The van der Waals surface area contributed by atoms with Gasteiger partial charge in [-0.05, 0) is 30.3 Å². The van der Waals surface area contributed by atoms with Gasteiger partial charge in [0.25, 0.3) is 0 Å². The van der Waals surface area contributed by atoms with Gasteiger partial charge in [-0.25, -0.2) is 17.9 Å². The van der Waals surface area contributed by atoms with Crippen LogP contribution < -0.4 is 10.6 Å². The molecule has 0 radical (unpaired) electrons. The number of amides is 1. The Morgan fingerprint density at radius 3 is 2.63 bits per heavy atom. The van der Waals surface area contributed by atoms with Crippen LogP contribution in [0.25, 0.3) is 16.9 Å². The molecule has 0 unspecified atom stereocenters. The molecule has 0 saturated heterocycles. The van der Waals surface area contributed by atoms with Gasteiger partial charge < -0.3 is 10.6 Å². The van der Waals surface area contributed by atoms with Crippen molar-refractivity contribution in [1.29, 1.82) is 0 Å². The van der Waals surface area contributed by atoms with Crippen molar-refractivity contribution in [3.05, 3.63) is 60.8 Å². The van der Waals surface area contributed by atoms with Crippen molar-refractivity contribution >= 4 is 38.8 Å². The van der Waals surface area contributed by atoms with Gasteiger partial charge in [-0.3, -0.25) is 4.79 Å². The Labute approximate surface area is 172 Å². The third kappa shape index (κ3) is 4.13. The van der Waals surface area contributed by atoms with E-state index in [9.17, 15) is 13.2 Å². The molecular weight excluding hydrogens is 404 g/mol. The number of nitrogens with one attached hydrogen (secondary N) is 2. The zero-order valence-corrected chi connectivity index (χ0v) is 17.0. The number of nitrogens with zero attached hydrogens (tertiary/aromatic N) is 4. The zero-order chi connectivity index (χ0) is 21.3. The molecule has 1 aromatic carbocycles. The van der Waals surface area contributed by atoms with Gasteiger partial charge in [0.15, 0.2) is 15.5 Å². The van der Waals surface area contributed by atoms with E-state index in [1.165, 1.54) is 13.2 Å². The maximum Gasteiger partial charge on any atom is 0.247 e. The number of pyridine rings is 2. The van der Waals surface area contributed by atoms with E-state index < -0.39 is 9.84 Å². The number of rotatable bonds is 5. The van der Waals surface area contributed by atoms with E-state index >= 15 is 0 Å². The molecule has 0 aliphatic rings. The molecule has 4 rings (SSSR count). The fraction of sp³-hybridized carbons (Fsp3) is 0.100. The lowest BCUT2D eigenvalue weighted by Crippen LogP contribution is -2.07. The molecule has 0 fully saturated rings. The molecule has 9 nitrogen and oxygen atoms in total. The number of benzene rings is 1. The highest BCUT2D eigenvalue weighted by atomic mass is 32.2. The molecule has 30 heavy (non-hydrogen) atoms. The average Bonchev–Trinajstić information content (AvgIpc) is 3.09. The minimum atomic E-state index is -3.33. The lowest BCUT2D eigenvalue weighted by molar-refractivity contribution is -0.114. The number of fused-ring (bicyclic) bond motifs is 1. The molecule has 0 saturated carbocycles. The van der Waals surface area contributed by atoms with E-state index in [0.717, 1.165) is 0 Å². The van der Waals surface area contributed by atoms with Crippen LogP contribution in [0.2, 0.25) is 0 Å². The summed E-state index contributed by atoms with van der Waals surface area (Å²) in [6, 6.07) is 15.6. The van der Waals surface area contributed by atoms with E-state index in [0.29, 0.717) is 34.4 Å². The summed E-state index contributed by atoms with van der Waals surface area (Å²) in [6.07, 6.45) is 2.74. The molecule has 0 aliphatic carbocycles. The van der Waals surface area contributed by atoms with Crippen LogP contribution >= 0.6 is 0 Å². The summed E-state index contributed by atoms with van der Waals surface area (Å²) in [5, 5.41) is 10.2. The van der Waals surface area contributed by atoms with Gasteiger partial charge >= 0.3 is 0 Å². The average molecular weight is 422 g/mol. The number of hydrogen-bond donors (Lipinski definition) is 2. The number of aromatic nitrogens is 4. The minimum absolute atomic E-state index is 0.216. The van der Waals surface area contributed by atoms with Crippen molar-refractivity contribution in [2.24, 2.45) is 0 Å². The Bertz CT molecular complexity index is 1360. The van der Waals surface area contributed by atoms with Gasteiger partial charge in [-0.1, -0.05) is 18.2 Å². The first kappa shape index (κ1) is 19.5. The van der Waals surface area contributed by atoms with E-state index in [2.05, 4.69) is 25.7 Å². The SMILES string of the molecule is CC(=O)Nc1cc(Nc2nc3cccc(-c4cccc(S(C)(=O)=O)c4)n3n2)ccn1. The highest BCUT2D eigenvalue weighted by Crippen LogP contribution is 2.24. The number of hydrogen-bond acceptors (Lipinski definition) is 7. The maximum atomic E-state index is 11.9. The molecule has 0 bridgehead atoms. The molecule has 1 amide bonds. The van der Waals surface area contributed by atoms with Crippen molar-refractivity contribution in [1.82, 2.24) is 19.6 Å². The van der Waals surface area contributed by atoms with Crippen LogP contribution in [0.1, 0.15) is 6.92 Å². The van der Waals surface area contributed by atoms with E-state index in [4.69, 9.17) is 0 Å². The van der Waals surface area contributed by atoms with E-state index in [1.807, 2.05) is 18.2 Å². The lowest BCUT2D eigenvalue weighted by atomic mass is 10.1. The van der Waals surface area contributed by atoms with Gasteiger partial charge in [0.1, 0.15) is 5.82 Å². The topological polar surface area (TPSA) is 118 Å². The zero-order valence-electron chi connectivity index (χ0n) is 16.2. The van der Waals surface area contributed by atoms with Crippen molar-refractivity contribution < 1.29 is 13.2 Å². The molecule has 0 atom stereocenters. The Balaban J connectivity index is 1.71. The number of carbonyl (C=O) groups excluding carboxylic acids is 1. The molecule has 3 heterocycles. The quantitative estimate of drug-likeness (QED) is 0.508. The van der Waals surface area contributed by atoms with Crippen LogP contribution in [0.4, 0.5) is 17.5 Å². The first-order valence-corrected chi connectivity index (χ1v) is 10.9. The highest BCUT2D eigenvalue weighted by molar-refractivity contribution is 7.90. The predicted molar refractivity (Wildman–Crippen MR) is 113 cm³/mol. The Morgan fingerprint density at radius 2 is 1.87 bits per heavy atom. The second kappa shape index (κ2) is 7.56. The molecule has 2 N–H and O–H groups in total. The van der Waals surface area contributed by atoms with Gasteiger partial charge in [0, 0.05) is 36.7 Å². The van der Waals surface area contributed by atoms with Crippen LogP contribution in [0.3, 0.4) is 0 Å². The Kier molecular flexibility index (Phi) is 4.92. The second-order valence-corrected chi connectivity index (χ2v) is 8.67. The largest absolute Gasteiger partial charge is 0.323 e. The van der Waals surface area contributed by atoms with Gasteiger partial charge in [0.2, 0.25) is 11.9 Å². The minimum Gasteiger partial charge on any atom is -0.323 e. The molecule has 0 aliphatic heterocycles. The first-order chi connectivity index (χ1) is 14.3. The molecule has 3 aromatic heterocycles. The molecule has 0 spiro atoms. The number of anilines is 3. The van der Waals surface area contributed by atoms with Crippen LogP contribution in [0, 0.1) is 0 Å². The lowest BCUT2D eigenvalue weighted by Gasteiger charge is -2.06. The van der Waals surface area contributed by atoms with Gasteiger partial charge in [-0.2, -0.15) is 4.98 Å². The molecule has 10 heteroatoms. The summed E-state index contributed by atoms with van der Waals surface area (Å²) in [5.41, 5.74) is 2.66. The summed E-state index contributed by atoms with van der Waals surface area (Å²) in [5.74, 6) is 0.544. The number of carbonyl (C=O) groups is 1. The molecule has 4 aromatic rings. The van der Waals surface area contributed by atoms with Gasteiger partial charge in [0.05, 0.1) is 10.6 Å². The monoisotopic (exact) mass is 422 g/mol. The van der Waals surface area contributed by atoms with Crippen LogP contribution in [0.5, 0.6) is 0 Å². The summed E-state index contributed by atoms with van der Waals surface area (Å²) in [6.45, 7) is 1.41. The third-order valence-corrected chi connectivity index (χ3v) is 5.35. The van der Waals surface area contributed by atoms with E-state index in [1.54, 1.807) is 47.1 Å². The standard InChI is InChI=1S/C20H18N6O3S/c1-13(27)22-18-12-15(9-10-21-18)23-20-24-19-8-4-7-17(26(19)25-20)14-5-3-6-16(11-14)30(2,28)29/h3-12H,1-2H3,(H2,21,22,23,25,27). The smallest absolute Gasteiger partial charge is 0.247 e. The van der Waals surface area contributed by atoms with Crippen LogP contribution in [0.15, 0.2) is 65.7 Å².